The second-order valence-electron chi connectivity index (χ2n) is 5.92. The highest BCUT2D eigenvalue weighted by molar-refractivity contribution is 7.90. The fourth-order valence-corrected chi connectivity index (χ4v) is 1.84. The number of hydrogen-bond donors (Lipinski definition) is 1. The number of hydrogen-bond acceptors (Lipinski definition) is 8. The summed E-state index contributed by atoms with van der Waals surface area (Å²) in [6.45, 7) is 7.22. The van der Waals surface area contributed by atoms with E-state index in [1.807, 2.05) is 0 Å². The highest BCUT2D eigenvalue weighted by Gasteiger charge is 2.47. The van der Waals surface area contributed by atoms with Crippen LogP contribution in [0.15, 0.2) is 12.2 Å². The molecule has 0 aromatic rings. The molecule has 0 spiro atoms. The summed E-state index contributed by atoms with van der Waals surface area (Å²) in [6, 6.07) is 0. The van der Waals surface area contributed by atoms with Crippen molar-refractivity contribution in [2.75, 3.05) is 13.2 Å². The van der Waals surface area contributed by atoms with E-state index in [4.69, 9.17) is 9.47 Å². The average Bonchev–Trinajstić information content (AvgIpc) is 2.53. The van der Waals surface area contributed by atoms with Crippen LogP contribution in [0.3, 0.4) is 0 Å². The highest BCUT2D eigenvalue weighted by atomic mass is 32.2. The van der Waals surface area contributed by atoms with E-state index in [1.54, 1.807) is 13.8 Å². The minimum atomic E-state index is -5.86. The highest BCUT2D eigenvalue weighted by Crippen LogP contribution is 2.21. The lowest BCUT2D eigenvalue weighted by Gasteiger charge is -2.18. The summed E-state index contributed by atoms with van der Waals surface area (Å²) >= 11 is 0. The molecule has 0 saturated carbocycles. The first kappa shape index (κ1) is 25.7. The molecule has 0 rings (SSSR count). The van der Waals surface area contributed by atoms with Gasteiger partial charge in [0.1, 0.15) is 12.7 Å². The molecule has 1 N–H and O–H groups in total. The van der Waals surface area contributed by atoms with Crippen molar-refractivity contribution >= 4 is 28.1 Å². The molecule has 0 bridgehead atoms. The lowest BCUT2D eigenvalue weighted by molar-refractivity contribution is -0.158. The van der Waals surface area contributed by atoms with Crippen molar-refractivity contribution in [1.29, 1.82) is 0 Å². The van der Waals surface area contributed by atoms with Crippen molar-refractivity contribution in [3.05, 3.63) is 12.2 Å². The minimum absolute atomic E-state index is 0.0176. The predicted octanol–water partition coefficient (Wildman–Crippen LogP) is 2.03. The van der Waals surface area contributed by atoms with Crippen molar-refractivity contribution < 1.29 is 50.2 Å². The molecule has 13 heteroatoms. The van der Waals surface area contributed by atoms with Crippen LogP contribution < -0.4 is 4.72 Å². The molecule has 0 aromatic carbocycles. The van der Waals surface area contributed by atoms with Crippen LogP contribution in [0.5, 0.6) is 0 Å². The summed E-state index contributed by atoms with van der Waals surface area (Å²) in [5.74, 6) is -1.70. The molecule has 0 aliphatic heterocycles. The fourth-order valence-electron chi connectivity index (χ4n) is 1.44. The average molecular weight is 433 g/mol. The van der Waals surface area contributed by atoms with Crippen LogP contribution in [-0.2, 0) is 33.8 Å². The second-order valence-corrected chi connectivity index (χ2v) is 7.60. The van der Waals surface area contributed by atoms with Crippen LogP contribution in [0.2, 0.25) is 0 Å². The third-order valence-corrected chi connectivity index (χ3v) is 3.98. The van der Waals surface area contributed by atoms with Crippen LogP contribution in [0.1, 0.15) is 33.6 Å². The topological polar surface area (TPSA) is 125 Å². The molecular weight excluding hydrogens is 411 g/mol. The van der Waals surface area contributed by atoms with E-state index < -0.39 is 52.2 Å². The zero-order chi connectivity index (χ0) is 22.1. The number of halogens is 3. The summed E-state index contributed by atoms with van der Waals surface area (Å²) in [5.41, 5.74) is -5.57. The Bertz CT molecular complexity index is 688. The second kappa shape index (κ2) is 10.9. The molecular formula is C15H22F3NO8S. The summed E-state index contributed by atoms with van der Waals surface area (Å²) in [5, 5.41) is 0. The van der Waals surface area contributed by atoms with E-state index in [-0.39, 0.29) is 25.0 Å². The molecule has 162 valence electrons. The zero-order valence-corrected chi connectivity index (χ0v) is 16.3. The molecule has 0 aliphatic carbocycles. The van der Waals surface area contributed by atoms with Gasteiger partial charge in [-0.15, -0.1) is 0 Å². The van der Waals surface area contributed by atoms with Gasteiger partial charge >= 0.3 is 33.6 Å². The number of esters is 2. The molecule has 28 heavy (non-hydrogen) atoms. The number of carbonyl (C=O) groups excluding carboxylic acids is 3. The molecule has 1 amide bonds. The summed E-state index contributed by atoms with van der Waals surface area (Å²) < 4.78 is 72.9. The summed E-state index contributed by atoms with van der Waals surface area (Å²) in [4.78, 5) is 34.2. The van der Waals surface area contributed by atoms with Crippen molar-refractivity contribution in [1.82, 2.24) is 4.72 Å². The number of alkyl halides is 3. The van der Waals surface area contributed by atoms with Gasteiger partial charge in [-0.3, -0.25) is 4.79 Å². The van der Waals surface area contributed by atoms with Crippen LogP contribution >= 0.6 is 0 Å². The Kier molecular flexibility index (Phi) is 9.98. The monoisotopic (exact) mass is 433 g/mol. The first-order valence-electron chi connectivity index (χ1n) is 7.96. The fraction of sp³-hybridized carbons (Fsp3) is 0.667. The molecule has 0 radical (unpaired) electrons. The Morgan fingerprint density at radius 3 is 2.18 bits per heavy atom. The van der Waals surface area contributed by atoms with Gasteiger partial charge in [-0.25, -0.2) is 14.3 Å². The Labute approximate surface area is 160 Å². The number of sulfonamides is 1. The largest absolute Gasteiger partial charge is 0.516 e. The Balaban J connectivity index is 4.57. The maximum atomic E-state index is 12.1. The summed E-state index contributed by atoms with van der Waals surface area (Å²) in [6.07, 6.45) is -2.73. The van der Waals surface area contributed by atoms with E-state index >= 15 is 0 Å². The lowest BCUT2D eigenvalue weighted by atomic mass is 10.2. The Morgan fingerprint density at radius 1 is 1.14 bits per heavy atom. The van der Waals surface area contributed by atoms with Gasteiger partial charge in [-0.1, -0.05) is 20.4 Å². The van der Waals surface area contributed by atoms with Gasteiger partial charge in [-0.05, 0) is 19.8 Å². The Hall–Kier alpha value is -2.31. The zero-order valence-electron chi connectivity index (χ0n) is 15.5. The van der Waals surface area contributed by atoms with Crippen LogP contribution in [-0.4, -0.2) is 51.3 Å². The molecule has 0 heterocycles. The van der Waals surface area contributed by atoms with E-state index in [0.717, 1.165) is 0 Å². The van der Waals surface area contributed by atoms with E-state index in [0.29, 0.717) is 4.72 Å². The number of rotatable bonds is 10. The molecule has 0 saturated heterocycles. The number of nitrogens with one attached hydrogen (secondary N) is 1. The molecule has 1 unspecified atom stereocenters. The van der Waals surface area contributed by atoms with Gasteiger partial charge in [0, 0.05) is 5.57 Å². The summed E-state index contributed by atoms with van der Waals surface area (Å²) in [7, 11) is -5.86. The van der Waals surface area contributed by atoms with Gasteiger partial charge in [-0.2, -0.15) is 21.6 Å². The molecule has 0 aliphatic rings. The van der Waals surface area contributed by atoms with Gasteiger partial charge in [0.25, 0.3) is 0 Å². The molecule has 1 atom stereocenters. The maximum absolute atomic E-state index is 12.1. The molecule has 0 aromatic heterocycles. The number of ether oxygens (including phenoxy) is 3. The quantitative estimate of drug-likeness (QED) is 0.240. The van der Waals surface area contributed by atoms with Crippen LogP contribution in [0, 0.1) is 5.92 Å². The SMILES string of the molecule is C=C(C)C(=O)OC(CCCOC(=O)NS(=O)(=O)C(F)(F)F)COC(=O)C(C)C. The van der Waals surface area contributed by atoms with Gasteiger partial charge < -0.3 is 14.2 Å². The van der Waals surface area contributed by atoms with E-state index in [2.05, 4.69) is 11.3 Å². The van der Waals surface area contributed by atoms with Crippen LogP contribution in [0.4, 0.5) is 18.0 Å². The smallest absolute Gasteiger partial charge is 0.462 e. The lowest BCUT2D eigenvalue weighted by Crippen LogP contribution is -2.40. The predicted molar refractivity (Wildman–Crippen MR) is 89.2 cm³/mol. The standard InChI is InChI=1S/C15H22F3NO8S/c1-9(2)12(20)26-8-11(27-13(21)10(3)4)6-5-7-25-14(22)19-28(23,24)15(16,17)18/h9,11H,3,5-8H2,1-2,4H3,(H,19,22). The maximum Gasteiger partial charge on any atom is 0.516 e. The Morgan fingerprint density at radius 2 is 1.71 bits per heavy atom. The van der Waals surface area contributed by atoms with Crippen molar-refractivity contribution in [3.8, 4) is 0 Å². The van der Waals surface area contributed by atoms with Crippen molar-refractivity contribution in [3.63, 3.8) is 0 Å². The normalized spacial score (nSPS) is 12.8. The third kappa shape index (κ3) is 9.58. The van der Waals surface area contributed by atoms with Gasteiger partial charge in [0.05, 0.1) is 12.5 Å². The first-order chi connectivity index (χ1) is 12.7. The van der Waals surface area contributed by atoms with Crippen molar-refractivity contribution in [2.24, 2.45) is 5.92 Å². The molecule has 9 nitrogen and oxygen atoms in total. The van der Waals surface area contributed by atoms with Crippen molar-refractivity contribution in [2.45, 2.75) is 45.2 Å². The first-order valence-corrected chi connectivity index (χ1v) is 9.44. The minimum Gasteiger partial charge on any atom is -0.462 e. The number of carbonyl (C=O) groups is 3. The third-order valence-electron chi connectivity index (χ3n) is 2.93. The van der Waals surface area contributed by atoms with Crippen LogP contribution in [0.25, 0.3) is 0 Å². The van der Waals surface area contributed by atoms with Gasteiger partial charge in [0.15, 0.2) is 0 Å². The van der Waals surface area contributed by atoms with E-state index in [1.165, 1.54) is 6.92 Å². The van der Waals surface area contributed by atoms with Gasteiger partial charge in [0.2, 0.25) is 0 Å². The van der Waals surface area contributed by atoms with E-state index in [9.17, 15) is 36.0 Å². The molecule has 0 fully saturated rings. The number of amides is 1.